The van der Waals surface area contributed by atoms with E-state index >= 15 is 0 Å². The fourth-order valence-corrected chi connectivity index (χ4v) is 4.52. The molecule has 35 heavy (non-hydrogen) atoms. The number of nitrogens with zero attached hydrogens (tertiary/aromatic N) is 3. The molecule has 0 spiro atoms. The van der Waals surface area contributed by atoms with Crippen LogP contribution >= 0.6 is 11.6 Å². The van der Waals surface area contributed by atoms with Gasteiger partial charge in [0.25, 0.3) is 5.92 Å². The highest BCUT2D eigenvalue weighted by atomic mass is 35.5. The normalized spacial score (nSPS) is 12.3. The van der Waals surface area contributed by atoms with Gasteiger partial charge >= 0.3 is 0 Å². The minimum atomic E-state index is -2.95. The summed E-state index contributed by atoms with van der Waals surface area (Å²) < 4.78 is 28.6. The largest absolute Gasteiger partial charge is 0.320 e. The molecule has 0 saturated heterocycles. The van der Waals surface area contributed by atoms with Gasteiger partial charge < -0.3 is 5.32 Å². The highest BCUT2D eigenvalue weighted by molar-refractivity contribution is 6.30. The van der Waals surface area contributed by atoms with E-state index in [9.17, 15) is 8.78 Å². The van der Waals surface area contributed by atoms with Crippen LogP contribution in [0.3, 0.4) is 0 Å². The smallest absolute Gasteiger partial charge is 0.272 e. The molecule has 0 unspecified atom stereocenters. The molecule has 0 amide bonds. The molecule has 1 N–H and O–H groups in total. The third kappa shape index (κ3) is 7.29. The van der Waals surface area contributed by atoms with Crippen molar-refractivity contribution < 1.29 is 8.78 Å². The molecule has 0 fully saturated rings. The molecule has 3 rings (SSSR count). The molecule has 2 heterocycles. The molecule has 0 bridgehead atoms. The predicted molar refractivity (Wildman–Crippen MR) is 139 cm³/mol. The van der Waals surface area contributed by atoms with Gasteiger partial charge in [-0.1, -0.05) is 43.6 Å². The summed E-state index contributed by atoms with van der Waals surface area (Å²) in [6.45, 7) is 7.80. The zero-order valence-electron chi connectivity index (χ0n) is 21.0. The predicted octanol–water partition coefficient (Wildman–Crippen LogP) is 6.57. The lowest BCUT2D eigenvalue weighted by Crippen LogP contribution is -2.30. The van der Waals surface area contributed by atoms with Crippen LogP contribution in [0.1, 0.15) is 61.7 Å². The van der Waals surface area contributed by atoms with Crippen LogP contribution in [0.25, 0.3) is 0 Å². The minimum absolute atomic E-state index is 0.0250. The van der Waals surface area contributed by atoms with Gasteiger partial charge in [0.05, 0.1) is 11.4 Å². The summed E-state index contributed by atoms with van der Waals surface area (Å²) in [5.41, 5.74) is 3.24. The number of halogens is 3. The maximum absolute atomic E-state index is 14.3. The van der Waals surface area contributed by atoms with Gasteiger partial charge in [-0.25, -0.2) is 8.78 Å². The standard InChI is InChI=1S/C28H35ClF2N4/c1-27(2,21-11-13-22(29)14-12-21)23-9-7-16-33-25(23)19-35(18-6-5-15-32-4)20-26-24(28(3,30)31)10-8-17-34-26/h7-14,16-17,32H,5-6,15,18-20H2,1-4H3. The Kier molecular flexibility index (Phi) is 9.34. The van der Waals surface area contributed by atoms with Gasteiger partial charge in [0, 0.05) is 48.4 Å². The summed E-state index contributed by atoms with van der Waals surface area (Å²) >= 11 is 6.12. The summed E-state index contributed by atoms with van der Waals surface area (Å²) in [6.07, 6.45) is 5.31. The van der Waals surface area contributed by atoms with Gasteiger partial charge in [-0.2, -0.15) is 0 Å². The van der Waals surface area contributed by atoms with Crippen LogP contribution in [0.5, 0.6) is 0 Å². The highest BCUT2D eigenvalue weighted by Gasteiger charge is 2.30. The first-order valence-corrected chi connectivity index (χ1v) is 12.4. The van der Waals surface area contributed by atoms with Crippen LogP contribution < -0.4 is 5.32 Å². The van der Waals surface area contributed by atoms with Crippen LogP contribution in [-0.2, 0) is 24.4 Å². The lowest BCUT2D eigenvalue weighted by molar-refractivity contribution is 0.0152. The van der Waals surface area contributed by atoms with Crippen molar-refractivity contribution >= 4 is 11.6 Å². The Labute approximate surface area is 212 Å². The van der Waals surface area contributed by atoms with Crippen LogP contribution in [0.2, 0.25) is 5.02 Å². The number of unbranched alkanes of at least 4 members (excludes halogenated alkanes) is 1. The van der Waals surface area contributed by atoms with E-state index in [0.717, 1.165) is 49.7 Å². The van der Waals surface area contributed by atoms with Crippen molar-refractivity contribution in [2.75, 3.05) is 20.1 Å². The van der Waals surface area contributed by atoms with Gasteiger partial charge in [0.15, 0.2) is 0 Å². The summed E-state index contributed by atoms with van der Waals surface area (Å²) in [7, 11) is 1.93. The molecule has 3 aromatic rings. The van der Waals surface area contributed by atoms with Crippen molar-refractivity contribution in [1.82, 2.24) is 20.2 Å². The molecule has 1 aromatic carbocycles. The molecular weight excluding hydrogens is 466 g/mol. The second-order valence-corrected chi connectivity index (χ2v) is 9.97. The van der Waals surface area contributed by atoms with Crippen molar-refractivity contribution in [3.05, 3.63) is 94.0 Å². The number of rotatable bonds is 12. The minimum Gasteiger partial charge on any atom is -0.320 e. The zero-order chi connectivity index (χ0) is 25.5. The van der Waals surface area contributed by atoms with E-state index in [0.29, 0.717) is 23.8 Å². The summed E-state index contributed by atoms with van der Waals surface area (Å²) in [5.74, 6) is -2.95. The van der Waals surface area contributed by atoms with Crippen molar-refractivity contribution in [1.29, 1.82) is 0 Å². The Morgan fingerprint density at radius 2 is 1.43 bits per heavy atom. The van der Waals surface area contributed by atoms with Gasteiger partial charge in [-0.05, 0) is 74.4 Å². The topological polar surface area (TPSA) is 41.0 Å². The molecule has 4 nitrogen and oxygen atoms in total. The molecule has 0 aliphatic rings. The lowest BCUT2D eigenvalue weighted by Gasteiger charge is -2.30. The zero-order valence-corrected chi connectivity index (χ0v) is 21.7. The molecular formula is C28H35ClF2N4. The number of hydrogen-bond donors (Lipinski definition) is 1. The fraction of sp³-hybridized carbons (Fsp3) is 0.429. The molecule has 2 aromatic heterocycles. The first-order chi connectivity index (χ1) is 16.6. The second-order valence-electron chi connectivity index (χ2n) is 9.54. The summed E-state index contributed by atoms with van der Waals surface area (Å²) in [6, 6.07) is 15.0. The summed E-state index contributed by atoms with van der Waals surface area (Å²) in [4.78, 5) is 11.2. The van der Waals surface area contributed by atoms with Crippen molar-refractivity contribution in [3.63, 3.8) is 0 Å². The van der Waals surface area contributed by atoms with E-state index in [4.69, 9.17) is 16.6 Å². The summed E-state index contributed by atoms with van der Waals surface area (Å²) in [5, 5.41) is 3.87. The Hall–Kier alpha value is -2.41. The molecule has 0 atom stereocenters. The quantitative estimate of drug-likeness (QED) is 0.285. The third-order valence-corrected chi connectivity index (χ3v) is 6.64. The number of alkyl halides is 2. The van der Waals surface area contributed by atoms with E-state index in [1.807, 2.05) is 37.4 Å². The van der Waals surface area contributed by atoms with Crippen LogP contribution in [0.15, 0.2) is 60.9 Å². The third-order valence-electron chi connectivity index (χ3n) is 6.39. The monoisotopic (exact) mass is 500 g/mol. The van der Waals surface area contributed by atoms with Crippen molar-refractivity contribution in [2.24, 2.45) is 0 Å². The number of aromatic nitrogens is 2. The van der Waals surface area contributed by atoms with Gasteiger partial charge in [-0.15, -0.1) is 0 Å². The number of benzene rings is 1. The van der Waals surface area contributed by atoms with Crippen LogP contribution in [0, 0.1) is 0 Å². The first kappa shape index (κ1) is 27.2. The maximum Gasteiger partial charge on any atom is 0.272 e. The molecule has 0 aliphatic carbocycles. The maximum atomic E-state index is 14.3. The van der Waals surface area contributed by atoms with Crippen LogP contribution in [-0.4, -0.2) is 35.0 Å². The second kappa shape index (κ2) is 12.0. The fourth-order valence-electron chi connectivity index (χ4n) is 4.39. The molecule has 188 valence electrons. The van der Waals surface area contributed by atoms with Crippen molar-refractivity contribution in [3.8, 4) is 0 Å². The Morgan fingerprint density at radius 1 is 0.857 bits per heavy atom. The van der Waals surface area contributed by atoms with Crippen molar-refractivity contribution in [2.45, 2.75) is 58.0 Å². The average molecular weight is 501 g/mol. The van der Waals surface area contributed by atoms with E-state index in [1.165, 1.54) is 6.07 Å². The van der Waals surface area contributed by atoms with E-state index in [1.54, 1.807) is 18.5 Å². The lowest BCUT2D eigenvalue weighted by atomic mass is 9.77. The highest BCUT2D eigenvalue weighted by Crippen LogP contribution is 2.34. The van der Waals surface area contributed by atoms with E-state index < -0.39 is 5.92 Å². The average Bonchev–Trinajstić information content (AvgIpc) is 2.82. The molecule has 0 aliphatic heterocycles. The van der Waals surface area contributed by atoms with Gasteiger partial charge in [-0.3, -0.25) is 14.9 Å². The molecule has 0 saturated carbocycles. The Bertz CT molecular complexity index is 1080. The van der Waals surface area contributed by atoms with Crippen LogP contribution in [0.4, 0.5) is 8.78 Å². The van der Waals surface area contributed by atoms with E-state index in [2.05, 4.69) is 35.1 Å². The Morgan fingerprint density at radius 3 is 2.00 bits per heavy atom. The number of hydrogen-bond acceptors (Lipinski definition) is 4. The SMILES string of the molecule is CNCCCCN(Cc1ncccc1C(C)(F)F)Cc1ncccc1C(C)(C)c1ccc(Cl)cc1. The molecule has 0 radical (unpaired) electrons. The van der Waals surface area contributed by atoms with Gasteiger partial charge in [0.1, 0.15) is 0 Å². The molecule has 7 heteroatoms. The first-order valence-electron chi connectivity index (χ1n) is 12.0. The van der Waals surface area contributed by atoms with Gasteiger partial charge in [0.2, 0.25) is 0 Å². The number of nitrogens with one attached hydrogen (secondary N) is 1. The number of pyridine rings is 2. The van der Waals surface area contributed by atoms with E-state index in [-0.39, 0.29) is 11.0 Å². The Balaban J connectivity index is 1.92.